The van der Waals surface area contributed by atoms with Crippen LogP contribution in [0, 0.1) is 13.8 Å². The summed E-state index contributed by atoms with van der Waals surface area (Å²) in [4.78, 5) is 4.28. The molecule has 0 atom stereocenters. The quantitative estimate of drug-likeness (QED) is 0.886. The molecular formula is C14H21N5. The second-order valence-electron chi connectivity index (χ2n) is 5.44. The minimum Gasteiger partial charge on any atom is -0.329 e. The van der Waals surface area contributed by atoms with Gasteiger partial charge in [0, 0.05) is 37.1 Å². The van der Waals surface area contributed by atoms with Crippen molar-refractivity contribution in [2.24, 2.45) is 7.05 Å². The SMILES string of the molecule is Cc1nn(C)c(C)c1Cn1cncc1CNC1CC1. The molecule has 0 spiro atoms. The molecule has 2 aromatic heterocycles. The van der Waals surface area contributed by atoms with Gasteiger partial charge in [0.05, 0.1) is 24.3 Å². The van der Waals surface area contributed by atoms with Crippen molar-refractivity contribution < 1.29 is 0 Å². The van der Waals surface area contributed by atoms with Gasteiger partial charge in [-0.05, 0) is 26.7 Å². The smallest absolute Gasteiger partial charge is 0.0951 e. The molecule has 2 aromatic rings. The summed E-state index contributed by atoms with van der Waals surface area (Å²) < 4.78 is 4.16. The van der Waals surface area contributed by atoms with Crippen LogP contribution in [0.25, 0.3) is 0 Å². The minimum atomic E-state index is 0.727. The molecule has 1 aliphatic rings. The van der Waals surface area contributed by atoms with E-state index in [0.717, 1.165) is 24.8 Å². The first-order chi connectivity index (χ1) is 9.15. The Morgan fingerprint density at radius 2 is 2.16 bits per heavy atom. The van der Waals surface area contributed by atoms with Crippen molar-refractivity contribution in [1.29, 1.82) is 0 Å². The molecular weight excluding hydrogens is 238 g/mol. The lowest BCUT2D eigenvalue weighted by Gasteiger charge is -2.09. The number of rotatable bonds is 5. The highest BCUT2D eigenvalue weighted by molar-refractivity contribution is 5.25. The molecule has 1 N–H and O–H groups in total. The van der Waals surface area contributed by atoms with Gasteiger partial charge in [0.1, 0.15) is 0 Å². The lowest BCUT2D eigenvalue weighted by molar-refractivity contribution is 0.632. The molecule has 3 rings (SSSR count). The predicted molar refractivity (Wildman–Crippen MR) is 73.9 cm³/mol. The van der Waals surface area contributed by atoms with E-state index >= 15 is 0 Å². The van der Waals surface area contributed by atoms with E-state index in [1.165, 1.54) is 29.8 Å². The van der Waals surface area contributed by atoms with Crippen molar-refractivity contribution >= 4 is 0 Å². The Balaban J connectivity index is 1.76. The molecule has 0 bridgehead atoms. The van der Waals surface area contributed by atoms with E-state index in [4.69, 9.17) is 0 Å². The first kappa shape index (κ1) is 12.4. The molecule has 0 unspecified atom stereocenters. The number of aromatic nitrogens is 4. The van der Waals surface area contributed by atoms with Crippen LogP contribution in [0.5, 0.6) is 0 Å². The van der Waals surface area contributed by atoms with Crippen molar-refractivity contribution in [1.82, 2.24) is 24.6 Å². The van der Waals surface area contributed by atoms with Crippen LogP contribution in [0.15, 0.2) is 12.5 Å². The molecule has 5 nitrogen and oxygen atoms in total. The molecule has 1 saturated carbocycles. The monoisotopic (exact) mass is 259 g/mol. The minimum absolute atomic E-state index is 0.727. The van der Waals surface area contributed by atoms with Crippen LogP contribution in [0.3, 0.4) is 0 Å². The summed E-state index contributed by atoms with van der Waals surface area (Å²) in [5.74, 6) is 0. The summed E-state index contributed by atoms with van der Waals surface area (Å²) in [5, 5.41) is 8.01. The summed E-state index contributed by atoms with van der Waals surface area (Å²) >= 11 is 0. The van der Waals surface area contributed by atoms with Crippen LogP contribution < -0.4 is 5.32 Å². The third kappa shape index (κ3) is 2.56. The van der Waals surface area contributed by atoms with Crippen molar-refractivity contribution in [3.05, 3.63) is 35.2 Å². The van der Waals surface area contributed by atoms with E-state index in [1.54, 1.807) is 0 Å². The second-order valence-corrected chi connectivity index (χ2v) is 5.44. The van der Waals surface area contributed by atoms with Crippen LogP contribution >= 0.6 is 0 Å². The third-order valence-electron chi connectivity index (χ3n) is 3.94. The zero-order valence-electron chi connectivity index (χ0n) is 11.8. The standard InChI is InChI=1S/C14H21N5/c1-10-14(11(2)18(3)17-10)8-19-9-15-6-13(19)7-16-12-4-5-12/h6,9,12,16H,4-5,7-8H2,1-3H3. The highest BCUT2D eigenvalue weighted by Crippen LogP contribution is 2.20. The Labute approximate surface area is 113 Å². The third-order valence-corrected chi connectivity index (χ3v) is 3.94. The summed E-state index contributed by atoms with van der Waals surface area (Å²) in [7, 11) is 2.00. The number of hydrogen-bond acceptors (Lipinski definition) is 3. The van der Waals surface area contributed by atoms with Gasteiger partial charge in [-0.3, -0.25) is 4.68 Å². The first-order valence-electron chi connectivity index (χ1n) is 6.86. The zero-order valence-corrected chi connectivity index (χ0v) is 11.8. The first-order valence-corrected chi connectivity index (χ1v) is 6.86. The molecule has 0 radical (unpaired) electrons. The Kier molecular flexibility index (Phi) is 3.14. The Morgan fingerprint density at radius 3 is 2.79 bits per heavy atom. The lowest BCUT2D eigenvalue weighted by Crippen LogP contribution is -2.18. The van der Waals surface area contributed by atoms with Gasteiger partial charge < -0.3 is 9.88 Å². The Morgan fingerprint density at radius 1 is 1.37 bits per heavy atom. The molecule has 5 heteroatoms. The van der Waals surface area contributed by atoms with Crippen molar-refractivity contribution in [3.8, 4) is 0 Å². The Hall–Kier alpha value is -1.62. The number of nitrogens with zero attached hydrogens (tertiary/aromatic N) is 4. The van der Waals surface area contributed by atoms with Crippen LogP contribution in [0.2, 0.25) is 0 Å². The molecule has 1 fully saturated rings. The number of hydrogen-bond donors (Lipinski definition) is 1. The zero-order chi connectivity index (χ0) is 13.4. The van der Waals surface area contributed by atoms with Gasteiger partial charge >= 0.3 is 0 Å². The lowest BCUT2D eigenvalue weighted by atomic mass is 10.2. The second kappa shape index (κ2) is 4.81. The molecule has 1 aliphatic carbocycles. The van der Waals surface area contributed by atoms with Crippen molar-refractivity contribution in [2.75, 3.05) is 0 Å². The van der Waals surface area contributed by atoms with E-state index < -0.39 is 0 Å². The van der Waals surface area contributed by atoms with Crippen LogP contribution in [-0.2, 0) is 20.1 Å². The van der Waals surface area contributed by atoms with Gasteiger partial charge in [-0.2, -0.15) is 5.10 Å². The van der Waals surface area contributed by atoms with Gasteiger partial charge in [-0.1, -0.05) is 0 Å². The molecule has 0 amide bonds. The molecule has 19 heavy (non-hydrogen) atoms. The maximum absolute atomic E-state index is 4.47. The van der Waals surface area contributed by atoms with Crippen LogP contribution in [0.1, 0.15) is 35.5 Å². The largest absolute Gasteiger partial charge is 0.329 e. The topological polar surface area (TPSA) is 47.7 Å². The number of aryl methyl sites for hydroxylation is 2. The normalized spacial score (nSPS) is 15.1. The molecule has 0 aromatic carbocycles. The average molecular weight is 259 g/mol. The summed E-state index contributed by atoms with van der Waals surface area (Å²) in [6, 6.07) is 0.727. The molecule has 0 aliphatic heterocycles. The van der Waals surface area contributed by atoms with E-state index in [1.807, 2.05) is 24.3 Å². The molecule has 0 saturated heterocycles. The number of imidazole rings is 1. The fourth-order valence-electron chi connectivity index (χ4n) is 2.39. The van der Waals surface area contributed by atoms with Crippen LogP contribution in [0.4, 0.5) is 0 Å². The predicted octanol–water partition coefficient (Wildman–Crippen LogP) is 1.53. The summed E-state index contributed by atoms with van der Waals surface area (Å²) in [6.07, 6.45) is 6.50. The summed E-state index contributed by atoms with van der Waals surface area (Å²) in [6.45, 7) is 5.95. The highest BCUT2D eigenvalue weighted by atomic mass is 15.3. The fraction of sp³-hybridized carbons (Fsp3) is 0.571. The van der Waals surface area contributed by atoms with Gasteiger partial charge in [-0.25, -0.2) is 4.98 Å². The molecule has 102 valence electrons. The van der Waals surface area contributed by atoms with Gasteiger partial charge in [0.15, 0.2) is 0 Å². The Bertz CT molecular complexity index is 577. The number of nitrogens with one attached hydrogen (secondary N) is 1. The van der Waals surface area contributed by atoms with Gasteiger partial charge in [-0.15, -0.1) is 0 Å². The van der Waals surface area contributed by atoms with Gasteiger partial charge in [0.25, 0.3) is 0 Å². The highest BCUT2D eigenvalue weighted by Gasteiger charge is 2.20. The van der Waals surface area contributed by atoms with E-state index in [0.29, 0.717) is 0 Å². The maximum Gasteiger partial charge on any atom is 0.0951 e. The molecule has 2 heterocycles. The average Bonchev–Trinajstić information content (AvgIpc) is 3.06. The van der Waals surface area contributed by atoms with Crippen molar-refractivity contribution in [2.45, 2.75) is 45.8 Å². The van der Waals surface area contributed by atoms with E-state index in [-0.39, 0.29) is 0 Å². The van der Waals surface area contributed by atoms with Gasteiger partial charge in [0.2, 0.25) is 0 Å². The van der Waals surface area contributed by atoms with Crippen molar-refractivity contribution in [3.63, 3.8) is 0 Å². The van der Waals surface area contributed by atoms with E-state index in [2.05, 4.69) is 33.8 Å². The van der Waals surface area contributed by atoms with E-state index in [9.17, 15) is 0 Å². The maximum atomic E-state index is 4.47. The fourth-order valence-corrected chi connectivity index (χ4v) is 2.39. The van der Waals surface area contributed by atoms with Crippen LogP contribution in [-0.4, -0.2) is 25.4 Å². The summed E-state index contributed by atoms with van der Waals surface area (Å²) in [5.41, 5.74) is 4.88.